The molecule has 1 amide bonds. The second-order valence-electron chi connectivity index (χ2n) is 7.59. The van der Waals surface area contributed by atoms with Crippen LogP contribution < -0.4 is 4.74 Å². The van der Waals surface area contributed by atoms with Crippen molar-refractivity contribution in [3.63, 3.8) is 0 Å². The van der Waals surface area contributed by atoms with Crippen molar-refractivity contribution in [1.82, 2.24) is 14.5 Å². The van der Waals surface area contributed by atoms with Crippen molar-refractivity contribution in [2.24, 2.45) is 0 Å². The van der Waals surface area contributed by atoms with Gasteiger partial charge in [-0.1, -0.05) is 48.5 Å². The molecule has 0 bridgehead atoms. The average Bonchev–Trinajstić information content (AvgIpc) is 3.16. The van der Waals surface area contributed by atoms with Crippen LogP contribution >= 0.6 is 0 Å². The van der Waals surface area contributed by atoms with E-state index < -0.39 is 6.10 Å². The summed E-state index contributed by atoms with van der Waals surface area (Å²) in [5, 5.41) is 0. The van der Waals surface area contributed by atoms with Crippen molar-refractivity contribution in [3.8, 4) is 17.1 Å². The van der Waals surface area contributed by atoms with Crippen molar-refractivity contribution >= 4 is 5.91 Å². The first-order valence-corrected chi connectivity index (χ1v) is 10.2. The summed E-state index contributed by atoms with van der Waals surface area (Å²) < 4.78 is 8.15. The molecule has 5 heteroatoms. The number of piperidine rings is 1. The van der Waals surface area contributed by atoms with E-state index >= 15 is 0 Å². The van der Waals surface area contributed by atoms with E-state index in [1.54, 1.807) is 0 Å². The molecule has 3 aromatic rings. The Morgan fingerprint density at radius 3 is 2.31 bits per heavy atom. The quantitative estimate of drug-likeness (QED) is 0.646. The minimum absolute atomic E-state index is 0.0536. The maximum atomic E-state index is 12.8. The van der Waals surface area contributed by atoms with Gasteiger partial charge in [-0.15, -0.1) is 0 Å². The fraction of sp³-hybridized carbons (Fsp3) is 0.333. The Labute approximate surface area is 171 Å². The average molecular weight is 389 g/mol. The molecule has 0 radical (unpaired) electrons. The van der Waals surface area contributed by atoms with Gasteiger partial charge in [0, 0.05) is 36.6 Å². The van der Waals surface area contributed by atoms with Gasteiger partial charge in [0.1, 0.15) is 11.6 Å². The van der Waals surface area contributed by atoms with E-state index in [2.05, 4.69) is 28.6 Å². The minimum atomic E-state index is -0.483. The molecule has 0 spiro atoms. The van der Waals surface area contributed by atoms with Crippen molar-refractivity contribution in [2.75, 3.05) is 13.1 Å². The van der Waals surface area contributed by atoms with Crippen LogP contribution in [0.1, 0.15) is 31.5 Å². The van der Waals surface area contributed by atoms with Gasteiger partial charge in [-0.2, -0.15) is 0 Å². The van der Waals surface area contributed by atoms with Crippen LogP contribution in [0.15, 0.2) is 66.9 Å². The van der Waals surface area contributed by atoms with E-state index in [9.17, 15) is 4.79 Å². The first kappa shape index (κ1) is 19.2. The van der Waals surface area contributed by atoms with Gasteiger partial charge < -0.3 is 14.2 Å². The van der Waals surface area contributed by atoms with Crippen LogP contribution in [0.4, 0.5) is 0 Å². The van der Waals surface area contributed by atoms with E-state index in [-0.39, 0.29) is 5.91 Å². The number of benzene rings is 2. The SMILES string of the molecule is Cc1cnc(-c2ccccc2)n1C1CCN(C(=O)C(C)Oc2ccccc2)CC1. The number of rotatable bonds is 5. The Bertz CT molecular complexity index is 945. The van der Waals surface area contributed by atoms with Crippen molar-refractivity contribution in [3.05, 3.63) is 72.6 Å². The molecule has 1 aromatic heterocycles. The second-order valence-corrected chi connectivity index (χ2v) is 7.59. The molecule has 2 aromatic carbocycles. The number of imidazole rings is 1. The number of hydrogen-bond donors (Lipinski definition) is 0. The lowest BCUT2D eigenvalue weighted by Gasteiger charge is -2.35. The Morgan fingerprint density at radius 1 is 1.03 bits per heavy atom. The van der Waals surface area contributed by atoms with Crippen LogP contribution in [-0.4, -0.2) is 39.6 Å². The molecule has 5 nitrogen and oxygen atoms in total. The van der Waals surface area contributed by atoms with Crippen LogP contribution in [0, 0.1) is 6.92 Å². The lowest BCUT2D eigenvalue weighted by atomic mass is 10.0. The fourth-order valence-corrected chi connectivity index (χ4v) is 4.06. The number of carbonyl (C=O) groups excluding carboxylic acids is 1. The third-order valence-electron chi connectivity index (χ3n) is 5.56. The smallest absolute Gasteiger partial charge is 0.263 e. The summed E-state index contributed by atoms with van der Waals surface area (Å²) in [5.74, 6) is 1.79. The molecule has 1 unspecified atom stereocenters. The van der Waals surface area contributed by atoms with E-state index in [4.69, 9.17) is 4.74 Å². The first-order valence-electron chi connectivity index (χ1n) is 10.2. The third kappa shape index (κ3) is 4.19. The zero-order valence-electron chi connectivity index (χ0n) is 17.0. The number of hydrogen-bond acceptors (Lipinski definition) is 3. The molecule has 0 N–H and O–H groups in total. The largest absolute Gasteiger partial charge is 0.481 e. The molecular formula is C24H27N3O2. The number of aryl methyl sites for hydroxylation is 1. The Hall–Kier alpha value is -3.08. The van der Waals surface area contributed by atoms with Gasteiger partial charge in [0.05, 0.1) is 0 Å². The molecule has 1 aliphatic heterocycles. The van der Waals surface area contributed by atoms with Crippen LogP contribution in [-0.2, 0) is 4.79 Å². The topological polar surface area (TPSA) is 47.4 Å². The maximum Gasteiger partial charge on any atom is 0.263 e. The molecule has 2 heterocycles. The summed E-state index contributed by atoms with van der Waals surface area (Å²) in [6, 6.07) is 20.2. The lowest BCUT2D eigenvalue weighted by Crippen LogP contribution is -2.45. The van der Waals surface area contributed by atoms with Crippen LogP contribution in [0.2, 0.25) is 0 Å². The summed E-state index contributed by atoms with van der Waals surface area (Å²) in [5.41, 5.74) is 2.29. The summed E-state index contributed by atoms with van der Waals surface area (Å²) >= 11 is 0. The molecule has 1 fully saturated rings. The minimum Gasteiger partial charge on any atom is -0.481 e. The standard InChI is InChI=1S/C24H27N3O2/c1-18-17-25-23(20-9-5-3-6-10-20)27(18)21-13-15-26(16-14-21)24(28)19(2)29-22-11-7-4-8-12-22/h3-12,17,19,21H,13-16H2,1-2H3. The zero-order chi connectivity index (χ0) is 20.2. The predicted molar refractivity (Wildman–Crippen MR) is 114 cm³/mol. The maximum absolute atomic E-state index is 12.8. The normalized spacial score (nSPS) is 15.9. The highest BCUT2D eigenvalue weighted by Gasteiger charge is 2.29. The van der Waals surface area contributed by atoms with Gasteiger partial charge >= 0.3 is 0 Å². The van der Waals surface area contributed by atoms with Crippen molar-refractivity contribution in [2.45, 2.75) is 38.8 Å². The molecule has 1 atom stereocenters. The van der Waals surface area contributed by atoms with E-state index in [1.165, 1.54) is 0 Å². The number of carbonyl (C=O) groups is 1. The first-order chi connectivity index (χ1) is 14.1. The monoisotopic (exact) mass is 389 g/mol. The van der Waals surface area contributed by atoms with Gasteiger partial charge in [0.15, 0.2) is 6.10 Å². The van der Waals surface area contributed by atoms with Crippen LogP contribution in [0.3, 0.4) is 0 Å². The fourth-order valence-electron chi connectivity index (χ4n) is 4.06. The molecule has 0 saturated carbocycles. The molecule has 4 rings (SSSR count). The number of para-hydroxylation sites is 1. The summed E-state index contributed by atoms with van der Waals surface area (Å²) in [7, 11) is 0. The summed E-state index contributed by atoms with van der Waals surface area (Å²) in [6.07, 6.45) is 3.29. The van der Waals surface area contributed by atoms with Crippen molar-refractivity contribution < 1.29 is 9.53 Å². The van der Waals surface area contributed by atoms with Crippen LogP contribution in [0.25, 0.3) is 11.4 Å². The highest BCUT2D eigenvalue weighted by molar-refractivity contribution is 5.81. The molecule has 0 aliphatic carbocycles. The molecule has 150 valence electrons. The molecule has 1 saturated heterocycles. The molecule has 1 aliphatic rings. The highest BCUT2D eigenvalue weighted by Crippen LogP contribution is 2.30. The highest BCUT2D eigenvalue weighted by atomic mass is 16.5. The Balaban J connectivity index is 1.41. The Morgan fingerprint density at radius 2 is 1.66 bits per heavy atom. The van der Waals surface area contributed by atoms with E-state index in [0.717, 1.165) is 48.8 Å². The number of ether oxygens (including phenoxy) is 1. The molecular weight excluding hydrogens is 362 g/mol. The van der Waals surface area contributed by atoms with Gasteiger partial charge in [-0.25, -0.2) is 4.98 Å². The second kappa shape index (κ2) is 8.52. The lowest BCUT2D eigenvalue weighted by molar-refractivity contribution is -0.139. The summed E-state index contributed by atoms with van der Waals surface area (Å²) in [4.78, 5) is 19.4. The van der Waals surface area contributed by atoms with Gasteiger partial charge in [0.25, 0.3) is 5.91 Å². The van der Waals surface area contributed by atoms with Crippen molar-refractivity contribution in [1.29, 1.82) is 0 Å². The number of amides is 1. The van der Waals surface area contributed by atoms with Gasteiger partial charge in [-0.05, 0) is 38.8 Å². The third-order valence-corrected chi connectivity index (χ3v) is 5.56. The Kier molecular flexibility index (Phi) is 5.65. The number of likely N-dealkylation sites (tertiary alicyclic amines) is 1. The van der Waals surface area contributed by atoms with Crippen LogP contribution in [0.5, 0.6) is 5.75 Å². The van der Waals surface area contributed by atoms with E-state index in [0.29, 0.717) is 6.04 Å². The van der Waals surface area contributed by atoms with Gasteiger partial charge in [-0.3, -0.25) is 4.79 Å². The van der Waals surface area contributed by atoms with Gasteiger partial charge in [0.2, 0.25) is 0 Å². The zero-order valence-corrected chi connectivity index (χ0v) is 17.0. The van der Waals surface area contributed by atoms with E-state index in [1.807, 2.05) is 66.6 Å². The summed E-state index contributed by atoms with van der Waals surface area (Å²) in [6.45, 7) is 5.40. The predicted octanol–water partition coefficient (Wildman–Crippen LogP) is 4.49. The number of nitrogens with zero attached hydrogens (tertiary/aromatic N) is 3. The molecule has 29 heavy (non-hydrogen) atoms. The number of aromatic nitrogens is 2.